The van der Waals surface area contributed by atoms with Crippen LogP contribution >= 0.6 is 0 Å². The largest absolute Gasteiger partial charge is 0.368 e. The molecular weight excluding hydrogens is 230 g/mol. The molecule has 0 saturated carbocycles. The Morgan fingerprint density at radius 3 is 2.50 bits per heavy atom. The van der Waals surface area contributed by atoms with Crippen molar-refractivity contribution in [3.8, 4) is 0 Å². The fourth-order valence-electron chi connectivity index (χ4n) is 1.62. The highest BCUT2D eigenvalue weighted by molar-refractivity contribution is 5.52. The molecule has 7 nitrogen and oxygen atoms in total. The summed E-state index contributed by atoms with van der Waals surface area (Å²) in [6.07, 6.45) is 1.04. The lowest BCUT2D eigenvalue weighted by atomic mass is 10.3. The van der Waals surface area contributed by atoms with Gasteiger partial charge in [-0.3, -0.25) is 0 Å². The van der Waals surface area contributed by atoms with Crippen LogP contribution in [0.4, 0.5) is 17.6 Å². The van der Waals surface area contributed by atoms with E-state index in [-0.39, 0.29) is 5.95 Å². The van der Waals surface area contributed by atoms with Crippen LogP contribution in [0, 0.1) is 0 Å². The number of anilines is 3. The van der Waals surface area contributed by atoms with Crippen LogP contribution < -0.4 is 21.9 Å². The van der Waals surface area contributed by atoms with Gasteiger partial charge in [0.15, 0.2) is 0 Å². The van der Waals surface area contributed by atoms with Gasteiger partial charge < -0.3 is 21.0 Å². The van der Waals surface area contributed by atoms with Crippen LogP contribution in [0.5, 0.6) is 0 Å². The zero-order valence-corrected chi connectivity index (χ0v) is 11.3. The van der Waals surface area contributed by atoms with E-state index in [1.807, 2.05) is 20.2 Å². The van der Waals surface area contributed by atoms with Gasteiger partial charge in [0.1, 0.15) is 11.6 Å². The molecule has 0 bridgehead atoms. The monoisotopic (exact) mass is 253 g/mol. The third kappa shape index (κ3) is 4.34. The third-order valence-electron chi connectivity index (χ3n) is 2.51. The molecule has 0 radical (unpaired) electrons. The zero-order chi connectivity index (χ0) is 13.5. The molecule has 0 aliphatic rings. The second-order valence-corrected chi connectivity index (χ2v) is 4.40. The summed E-state index contributed by atoms with van der Waals surface area (Å²) in [5.74, 6) is 6.93. The molecule has 0 unspecified atom stereocenters. The number of nitrogens with zero attached hydrogens (tertiary/aromatic N) is 4. The van der Waals surface area contributed by atoms with Crippen LogP contribution in [0.2, 0.25) is 0 Å². The van der Waals surface area contributed by atoms with Gasteiger partial charge in [-0.25, -0.2) is 5.84 Å². The molecule has 5 N–H and O–H groups in total. The molecule has 1 rings (SSSR count). The first-order valence-corrected chi connectivity index (χ1v) is 6.07. The highest BCUT2D eigenvalue weighted by Crippen LogP contribution is 2.16. The molecule has 102 valence electrons. The first kappa shape index (κ1) is 14.5. The molecule has 0 spiro atoms. The topological polar surface area (TPSA) is 96.3 Å². The number of aromatic nitrogens is 2. The first-order valence-electron chi connectivity index (χ1n) is 6.07. The quantitative estimate of drug-likeness (QED) is 0.469. The molecule has 0 fully saturated rings. The lowest BCUT2D eigenvalue weighted by Gasteiger charge is -2.25. The van der Waals surface area contributed by atoms with E-state index in [0.717, 1.165) is 31.9 Å². The summed E-state index contributed by atoms with van der Waals surface area (Å²) in [7, 11) is 4.09. The van der Waals surface area contributed by atoms with Crippen LogP contribution in [0.3, 0.4) is 0 Å². The zero-order valence-electron chi connectivity index (χ0n) is 11.3. The normalized spacial score (nSPS) is 10.7. The molecule has 7 heteroatoms. The summed E-state index contributed by atoms with van der Waals surface area (Å²) in [4.78, 5) is 12.6. The minimum absolute atomic E-state index is 0.228. The van der Waals surface area contributed by atoms with Gasteiger partial charge in [0, 0.05) is 25.7 Å². The Kier molecular flexibility index (Phi) is 5.60. The molecule has 18 heavy (non-hydrogen) atoms. The van der Waals surface area contributed by atoms with Crippen LogP contribution in [0.25, 0.3) is 0 Å². The standard InChI is InChI=1S/C11H23N7/c1-4-5-18(7-6-17(2)3)10-8-9(16-13)14-11(12)15-10/h8H,4-7,13H2,1-3H3,(H3,12,14,15,16). The summed E-state index contributed by atoms with van der Waals surface area (Å²) in [6, 6.07) is 1.81. The molecule has 0 atom stereocenters. The minimum Gasteiger partial charge on any atom is -0.368 e. The summed E-state index contributed by atoms with van der Waals surface area (Å²) in [6.45, 7) is 4.90. The number of hydrogen-bond acceptors (Lipinski definition) is 7. The van der Waals surface area contributed by atoms with Crippen LogP contribution in [0.15, 0.2) is 6.07 Å². The van der Waals surface area contributed by atoms with Gasteiger partial charge in [-0.05, 0) is 20.5 Å². The average Bonchev–Trinajstić information content (AvgIpc) is 2.33. The molecule has 0 saturated heterocycles. The van der Waals surface area contributed by atoms with Crippen molar-refractivity contribution in [3.63, 3.8) is 0 Å². The van der Waals surface area contributed by atoms with Gasteiger partial charge in [-0.2, -0.15) is 9.97 Å². The summed E-state index contributed by atoms with van der Waals surface area (Å²) >= 11 is 0. The summed E-state index contributed by atoms with van der Waals surface area (Å²) in [5, 5.41) is 0. The maximum atomic E-state index is 5.67. The van der Waals surface area contributed by atoms with E-state index in [1.54, 1.807) is 0 Å². The van der Waals surface area contributed by atoms with Crippen molar-refractivity contribution in [2.24, 2.45) is 5.84 Å². The SMILES string of the molecule is CCCN(CCN(C)C)c1cc(NN)nc(N)n1. The van der Waals surface area contributed by atoms with E-state index in [0.29, 0.717) is 5.82 Å². The molecule has 1 aromatic rings. The van der Waals surface area contributed by atoms with Crippen molar-refractivity contribution >= 4 is 17.6 Å². The molecular formula is C11H23N7. The van der Waals surface area contributed by atoms with Crippen molar-refractivity contribution < 1.29 is 0 Å². The fraction of sp³-hybridized carbons (Fsp3) is 0.636. The highest BCUT2D eigenvalue weighted by atomic mass is 15.3. The smallest absolute Gasteiger partial charge is 0.223 e. The predicted molar refractivity (Wildman–Crippen MR) is 75.3 cm³/mol. The molecule has 0 amide bonds. The van der Waals surface area contributed by atoms with Crippen LogP contribution in [-0.2, 0) is 0 Å². The second kappa shape index (κ2) is 6.97. The van der Waals surface area contributed by atoms with Gasteiger partial charge in [0.05, 0.1) is 0 Å². The Bertz CT molecular complexity index is 366. The number of hydrogen-bond donors (Lipinski definition) is 3. The van der Waals surface area contributed by atoms with Crippen molar-refractivity contribution in [2.45, 2.75) is 13.3 Å². The number of likely N-dealkylation sites (N-methyl/N-ethyl adjacent to an activating group) is 1. The number of nitrogen functional groups attached to an aromatic ring is 2. The first-order chi connectivity index (χ1) is 8.56. The lowest BCUT2D eigenvalue weighted by molar-refractivity contribution is 0.412. The second-order valence-electron chi connectivity index (χ2n) is 4.40. The summed E-state index contributed by atoms with van der Waals surface area (Å²) < 4.78 is 0. The van der Waals surface area contributed by atoms with Gasteiger partial charge in [-0.15, -0.1) is 0 Å². The number of hydrazine groups is 1. The third-order valence-corrected chi connectivity index (χ3v) is 2.51. The van der Waals surface area contributed by atoms with Gasteiger partial charge in [-0.1, -0.05) is 6.92 Å². The van der Waals surface area contributed by atoms with E-state index in [2.05, 4.69) is 32.1 Å². The Balaban J connectivity index is 2.86. The molecule has 1 heterocycles. The molecule has 0 aromatic carbocycles. The predicted octanol–water partition coefficient (Wildman–Crippen LogP) is 0.122. The van der Waals surface area contributed by atoms with Gasteiger partial charge in [0.25, 0.3) is 0 Å². The Labute approximate surface area is 108 Å². The van der Waals surface area contributed by atoms with E-state index in [1.165, 1.54) is 0 Å². The van der Waals surface area contributed by atoms with Gasteiger partial charge in [0.2, 0.25) is 5.95 Å². The van der Waals surface area contributed by atoms with Gasteiger partial charge >= 0.3 is 0 Å². The van der Waals surface area contributed by atoms with Crippen molar-refractivity contribution in [1.82, 2.24) is 14.9 Å². The Hall–Kier alpha value is -1.60. The van der Waals surface area contributed by atoms with E-state index >= 15 is 0 Å². The number of nitrogens with two attached hydrogens (primary N) is 2. The van der Waals surface area contributed by atoms with Crippen LogP contribution in [0.1, 0.15) is 13.3 Å². The highest BCUT2D eigenvalue weighted by Gasteiger charge is 2.10. The van der Waals surface area contributed by atoms with Crippen LogP contribution in [-0.4, -0.2) is 48.6 Å². The molecule has 1 aromatic heterocycles. The van der Waals surface area contributed by atoms with E-state index in [9.17, 15) is 0 Å². The number of rotatable bonds is 7. The lowest BCUT2D eigenvalue weighted by Crippen LogP contribution is -2.33. The van der Waals surface area contributed by atoms with Crippen molar-refractivity contribution in [2.75, 3.05) is 49.8 Å². The Morgan fingerprint density at radius 1 is 1.22 bits per heavy atom. The molecule has 0 aliphatic heterocycles. The molecule has 0 aliphatic carbocycles. The van der Waals surface area contributed by atoms with E-state index in [4.69, 9.17) is 11.6 Å². The average molecular weight is 253 g/mol. The maximum Gasteiger partial charge on any atom is 0.223 e. The Morgan fingerprint density at radius 2 is 1.94 bits per heavy atom. The van der Waals surface area contributed by atoms with Crippen molar-refractivity contribution in [3.05, 3.63) is 6.07 Å². The summed E-state index contributed by atoms with van der Waals surface area (Å²) in [5.41, 5.74) is 8.17. The number of nitrogens with one attached hydrogen (secondary N) is 1. The fourth-order valence-corrected chi connectivity index (χ4v) is 1.62. The minimum atomic E-state index is 0.228. The maximum absolute atomic E-state index is 5.67. The van der Waals surface area contributed by atoms with E-state index < -0.39 is 0 Å². The van der Waals surface area contributed by atoms with Crippen molar-refractivity contribution in [1.29, 1.82) is 0 Å².